The molecule has 0 saturated carbocycles. The van der Waals surface area contributed by atoms with Crippen LogP contribution in [0.5, 0.6) is 0 Å². The van der Waals surface area contributed by atoms with E-state index in [-0.39, 0.29) is 27.9 Å². The molecule has 0 aliphatic carbocycles. The molecule has 4 heterocycles. The first kappa shape index (κ1) is 19.4. The molecule has 3 aliphatic rings. The van der Waals surface area contributed by atoms with Crippen LogP contribution in [0.3, 0.4) is 0 Å². The van der Waals surface area contributed by atoms with Crippen molar-refractivity contribution >= 4 is 29.3 Å². The zero-order valence-electron chi connectivity index (χ0n) is 16.6. The number of carbonyl (C=O) groups excluding carboxylic acids is 1. The van der Waals surface area contributed by atoms with Crippen molar-refractivity contribution in [3.05, 3.63) is 60.2 Å². The van der Waals surface area contributed by atoms with Crippen LogP contribution in [0.15, 0.2) is 48.8 Å². The van der Waals surface area contributed by atoms with Crippen molar-refractivity contribution in [2.45, 2.75) is 41.8 Å². The lowest BCUT2D eigenvalue weighted by Crippen LogP contribution is -2.48. The average Bonchev–Trinajstić information content (AvgIpc) is 3.32. The van der Waals surface area contributed by atoms with Gasteiger partial charge in [-0.15, -0.1) is 11.8 Å². The predicted molar refractivity (Wildman–Crippen MR) is 116 cm³/mol. The predicted octanol–water partition coefficient (Wildman–Crippen LogP) is 3.48. The average molecular weight is 426 g/mol. The summed E-state index contributed by atoms with van der Waals surface area (Å²) >= 11 is 1.85. The highest BCUT2D eigenvalue weighted by Crippen LogP contribution is 2.55. The Kier molecular flexibility index (Phi) is 4.89. The lowest BCUT2D eigenvalue weighted by atomic mass is 9.93. The summed E-state index contributed by atoms with van der Waals surface area (Å²) in [6, 6.07) is 12.3. The number of rotatable bonds is 3. The molecule has 0 radical (unpaired) electrons. The molecule has 8 heteroatoms. The van der Waals surface area contributed by atoms with E-state index in [1.165, 1.54) is 5.56 Å². The van der Waals surface area contributed by atoms with Crippen molar-refractivity contribution in [3.63, 3.8) is 0 Å². The SMILES string of the molecule is N/C=C(/F)c1nccc(N2CCC3(CC2)S[C@@H]2CC[C@@H](c4ccccc4)N2C3=O)n1. The van der Waals surface area contributed by atoms with Gasteiger partial charge in [-0.05, 0) is 37.3 Å². The van der Waals surface area contributed by atoms with Crippen LogP contribution in [0.2, 0.25) is 0 Å². The molecule has 2 atom stereocenters. The summed E-state index contributed by atoms with van der Waals surface area (Å²) in [6.45, 7) is 1.42. The number of anilines is 1. The number of piperidine rings is 1. The van der Waals surface area contributed by atoms with Crippen molar-refractivity contribution in [1.82, 2.24) is 14.9 Å². The van der Waals surface area contributed by atoms with Gasteiger partial charge in [0.15, 0.2) is 11.7 Å². The van der Waals surface area contributed by atoms with Gasteiger partial charge < -0.3 is 15.5 Å². The molecule has 156 valence electrons. The number of nitrogens with two attached hydrogens (primary N) is 1. The summed E-state index contributed by atoms with van der Waals surface area (Å²) in [7, 11) is 0. The molecule has 1 aromatic carbocycles. The van der Waals surface area contributed by atoms with Gasteiger partial charge in [0.25, 0.3) is 0 Å². The third-order valence-electron chi connectivity index (χ3n) is 6.40. The molecule has 0 bridgehead atoms. The topological polar surface area (TPSA) is 75.3 Å². The van der Waals surface area contributed by atoms with Gasteiger partial charge in [0, 0.05) is 25.5 Å². The monoisotopic (exact) mass is 425 g/mol. The molecule has 2 N–H and O–H groups in total. The number of benzene rings is 1. The summed E-state index contributed by atoms with van der Waals surface area (Å²) in [4.78, 5) is 26.0. The van der Waals surface area contributed by atoms with Gasteiger partial charge in [-0.3, -0.25) is 4.79 Å². The third-order valence-corrected chi connectivity index (χ3v) is 8.17. The van der Waals surface area contributed by atoms with Crippen LogP contribution in [-0.4, -0.2) is 44.0 Å². The Balaban J connectivity index is 1.32. The fourth-order valence-electron chi connectivity index (χ4n) is 4.86. The maximum Gasteiger partial charge on any atom is 0.240 e. The Hall–Kier alpha value is -2.61. The van der Waals surface area contributed by atoms with Crippen LogP contribution in [-0.2, 0) is 4.79 Å². The first-order valence-electron chi connectivity index (χ1n) is 10.3. The minimum Gasteiger partial charge on any atom is -0.402 e. The number of fused-ring (bicyclic) bond motifs is 1. The van der Waals surface area contributed by atoms with E-state index in [0.29, 0.717) is 18.9 Å². The second-order valence-corrected chi connectivity index (χ2v) is 9.58. The quantitative estimate of drug-likeness (QED) is 0.812. The van der Waals surface area contributed by atoms with E-state index in [0.717, 1.165) is 31.9 Å². The summed E-state index contributed by atoms with van der Waals surface area (Å²) in [6.07, 6.45) is 6.01. The fourth-order valence-corrected chi connectivity index (χ4v) is 6.62. The molecule has 6 nitrogen and oxygen atoms in total. The highest BCUT2D eigenvalue weighted by Gasteiger charge is 2.57. The van der Waals surface area contributed by atoms with Gasteiger partial charge in [-0.2, -0.15) is 0 Å². The van der Waals surface area contributed by atoms with E-state index < -0.39 is 5.83 Å². The Morgan fingerprint density at radius 3 is 2.70 bits per heavy atom. The van der Waals surface area contributed by atoms with Crippen molar-refractivity contribution in [3.8, 4) is 0 Å². The summed E-state index contributed by atoms with van der Waals surface area (Å²) in [5.41, 5.74) is 6.48. The van der Waals surface area contributed by atoms with Gasteiger partial charge in [-0.1, -0.05) is 30.3 Å². The lowest BCUT2D eigenvalue weighted by Gasteiger charge is -2.38. The smallest absolute Gasteiger partial charge is 0.240 e. The molecule has 0 unspecified atom stereocenters. The molecule has 1 amide bonds. The second-order valence-electron chi connectivity index (χ2n) is 8.02. The van der Waals surface area contributed by atoms with Crippen molar-refractivity contribution in [1.29, 1.82) is 0 Å². The van der Waals surface area contributed by atoms with Gasteiger partial charge in [0.05, 0.1) is 11.4 Å². The number of nitrogens with zero attached hydrogens (tertiary/aromatic N) is 4. The number of carbonyl (C=O) groups is 1. The summed E-state index contributed by atoms with van der Waals surface area (Å²) < 4.78 is 13.4. The van der Waals surface area contributed by atoms with E-state index in [2.05, 4.69) is 31.9 Å². The Labute approximate surface area is 179 Å². The molecule has 3 aliphatic heterocycles. The van der Waals surface area contributed by atoms with E-state index >= 15 is 0 Å². The fraction of sp³-hybridized carbons (Fsp3) is 0.409. The summed E-state index contributed by atoms with van der Waals surface area (Å²) in [5, 5.41) is 0.267. The molecule has 3 saturated heterocycles. The Morgan fingerprint density at radius 1 is 1.20 bits per heavy atom. The molecule has 2 aromatic rings. The largest absolute Gasteiger partial charge is 0.402 e. The third kappa shape index (κ3) is 3.14. The number of hydrogen-bond acceptors (Lipinski definition) is 6. The highest BCUT2D eigenvalue weighted by molar-refractivity contribution is 8.02. The van der Waals surface area contributed by atoms with Crippen LogP contribution < -0.4 is 10.6 Å². The molecule has 3 fully saturated rings. The zero-order chi connectivity index (χ0) is 20.7. The molecular formula is C22H24FN5OS. The first-order chi connectivity index (χ1) is 14.6. The second kappa shape index (κ2) is 7.58. The Morgan fingerprint density at radius 2 is 1.97 bits per heavy atom. The molecule has 30 heavy (non-hydrogen) atoms. The van der Waals surface area contributed by atoms with E-state index in [1.807, 2.05) is 30.0 Å². The number of amides is 1. The first-order valence-corrected chi connectivity index (χ1v) is 11.2. The number of aromatic nitrogens is 2. The Bertz CT molecular complexity index is 977. The summed E-state index contributed by atoms with van der Waals surface area (Å²) in [5.74, 6) is 0.307. The minimum atomic E-state index is -0.639. The van der Waals surface area contributed by atoms with Gasteiger partial charge >= 0.3 is 0 Å². The minimum absolute atomic E-state index is 0.00653. The van der Waals surface area contributed by atoms with Crippen molar-refractivity contribution < 1.29 is 9.18 Å². The molecule has 1 spiro atoms. The van der Waals surface area contributed by atoms with Gasteiger partial charge in [-0.25, -0.2) is 14.4 Å². The number of thioether (sulfide) groups is 1. The van der Waals surface area contributed by atoms with Crippen LogP contribution in [0.25, 0.3) is 5.83 Å². The van der Waals surface area contributed by atoms with Crippen LogP contribution in [0, 0.1) is 0 Å². The van der Waals surface area contributed by atoms with Crippen LogP contribution in [0.1, 0.15) is 43.1 Å². The highest BCUT2D eigenvalue weighted by atomic mass is 32.2. The van der Waals surface area contributed by atoms with Crippen LogP contribution >= 0.6 is 11.8 Å². The molecule has 1 aromatic heterocycles. The van der Waals surface area contributed by atoms with Gasteiger partial charge in [0.2, 0.25) is 5.91 Å². The zero-order valence-corrected chi connectivity index (χ0v) is 17.4. The van der Waals surface area contributed by atoms with Gasteiger partial charge in [0.1, 0.15) is 10.6 Å². The molecular weight excluding hydrogens is 401 g/mol. The van der Waals surface area contributed by atoms with Crippen molar-refractivity contribution in [2.24, 2.45) is 5.73 Å². The van der Waals surface area contributed by atoms with E-state index in [1.54, 1.807) is 12.3 Å². The maximum absolute atomic E-state index is 13.8. The van der Waals surface area contributed by atoms with E-state index in [9.17, 15) is 9.18 Å². The van der Waals surface area contributed by atoms with Crippen molar-refractivity contribution in [2.75, 3.05) is 18.0 Å². The van der Waals surface area contributed by atoms with E-state index in [4.69, 9.17) is 5.73 Å². The normalized spacial score (nSPS) is 25.8. The molecule has 5 rings (SSSR count). The maximum atomic E-state index is 13.8. The lowest BCUT2D eigenvalue weighted by molar-refractivity contribution is -0.134. The van der Waals surface area contributed by atoms with Crippen LogP contribution in [0.4, 0.5) is 10.2 Å². The standard InChI is InChI=1S/C22H24FN5OS/c23-16(14-24)20-25-11-8-18(26-20)27-12-9-22(10-13-27)21(29)28-17(6-7-19(28)30-22)15-4-2-1-3-5-15/h1-5,8,11,14,17,19H,6-7,9-10,12-13,24H2/b16-14+/t17-,19+/m0/s1. The number of halogens is 1. The number of hydrogen-bond donors (Lipinski definition) is 1.